The number of carbonyl (C=O) groups excluding carboxylic acids is 1. The number of hydrogen-bond donors (Lipinski definition) is 2. The molecule has 1 heterocycles. The molecule has 2 aromatic rings. The van der Waals surface area contributed by atoms with E-state index in [1.165, 1.54) is 7.11 Å². The Kier molecular flexibility index (Phi) is 5.02. The Hall–Kier alpha value is -1.23. The first kappa shape index (κ1) is 14.8. The highest BCUT2D eigenvalue weighted by Crippen LogP contribution is 2.22. The highest BCUT2D eigenvalue weighted by atomic mass is 35.5. The molecule has 1 aromatic heterocycles. The van der Waals surface area contributed by atoms with Crippen molar-refractivity contribution in [2.75, 3.05) is 7.11 Å². The molecule has 0 saturated heterocycles. The van der Waals surface area contributed by atoms with Gasteiger partial charge in [-0.3, -0.25) is 4.79 Å². The number of esters is 1. The largest absolute Gasteiger partial charge is 0.468 e. The standard InChI is InChI=1S/C12H13ClN2O2.ClH/c1-17-12(16)10(14)4-7-6-15-11-5-8(13)2-3-9(7)11;/h2-3,5-6,10,15H,4,14H2,1H3;1H/t10-;/m0./s1. The molecule has 6 heteroatoms. The van der Waals surface area contributed by atoms with Crippen LogP contribution in [0.4, 0.5) is 0 Å². The maximum Gasteiger partial charge on any atom is 0.322 e. The van der Waals surface area contributed by atoms with E-state index < -0.39 is 12.0 Å². The van der Waals surface area contributed by atoms with E-state index >= 15 is 0 Å². The molecule has 0 radical (unpaired) electrons. The fourth-order valence-electron chi connectivity index (χ4n) is 1.80. The molecular weight excluding hydrogens is 275 g/mol. The summed E-state index contributed by atoms with van der Waals surface area (Å²) in [6, 6.07) is 4.91. The van der Waals surface area contributed by atoms with Gasteiger partial charge in [0.05, 0.1) is 7.11 Å². The van der Waals surface area contributed by atoms with Gasteiger partial charge < -0.3 is 15.5 Å². The third-order valence-corrected chi connectivity index (χ3v) is 2.91. The topological polar surface area (TPSA) is 68.1 Å². The lowest BCUT2D eigenvalue weighted by atomic mass is 10.1. The third-order valence-electron chi connectivity index (χ3n) is 2.67. The number of methoxy groups -OCH3 is 1. The van der Waals surface area contributed by atoms with Crippen molar-refractivity contribution < 1.29 is 9.53 Å². The molecule has 98 valence electrons. The van der Waals surface area contributed by atoms with E-state index in [-0.39, 0.29) is 12.4 Å². The van der Waals surface area contributed by atoms with E-state index in [0.29, 0.717) is 11.4 Å². The van der Waals surface area contributed by atoms with Gasteiger partial charge in [0.15, 0.2) is 0 Å². The van der Waals surface area contributed by atoms with E-state index in [9.17, 15) is 4.79 Å². The van der Waals surface area contributed by atoms with Gasteiger partial charge in [0, 0.05) is 28.5 Å². The fraction of sp³-hybridized carbons (Fsp3) is 0.250. The zero-order valence-corrected chi connectivity index (χ0v) is 11.3. The van der Waals surface area contributed by atoms with Crippen LogP contribution in [-0.2, 0) is 16.0 Å². The van der Waals surface area contributed by atoms with Gasteiger partial charge in [-0.1, -0.05) is 17.7 Å². The molecular formula is C12H14Cl2N2O2. The molecule has 3 N–H and O–H groups in total. The van der Waals surface area contributed by atoms with E-state index in [4.69, 9.17) is 17.3 Å². The first-order valence-electron chi connectivity index (χ1n) is 5.20. The van der Waals surface area contributed by atoms with Gasteiger partial charge in [-0.15, -0.1) is 12.4 Å². The molecule has 4 nitrogen and oxygen atoms in total. The summed E-state index contributed by atoms with van der Waals surface area (Å²) < 4.78 is 4.60. The van der Waals surface area contributed by atoms with Crippen molar-refractivity contribution in [2.45, 2.75) is 12.5 Å². The molecule has 0 saturated carbocycles. The Morgan fingerprint density at radius 3 is 2.94 bits per heavy atom. The second-order valence-electron chi connectivity index (χ2n) is 3.84. The van der Waals surface area contributed by atoms with Crippen molar-refractivity contribution in [3.05, 3.63) is 35.0 Å². The third kappa shape index (κ3) is 2.96. The number of ether oxygens (including phenoxy) is 1. The number of halogens is 2. The lowest BCUT2D eigenvalue weighted by molar-refractivity contribution is -0.142. The van der Waals surface area contributed by atoms with Crippen LogP contribution >= 0.6 is 24.0 Å². The minimum absolute atomic E-state index is 0. The van der Waals surface area contributed by atoms with Crippen molar-refractivity contribution in [1.29, 1.82) is 0 Å². The summed E-state index contributed by atoms with van der Waals surface area (Å²) in [6.45, 7) is 0. The number of nitrogens with one attached hydrogen (secondary N) is 1. The summed E-state index contributed by atoms with van der Waals surface area (Å²) in [5.41, 5.74) is 7.64. The number of hydrogen-bond acceptors (Lipinski definition) is 3. The van der Waals surface area contributed by atoms with Crippen LogP contribution in [0, 0.1) is 0 Å². The number of aromatic amines is 1. The summed E-state index contributed by atoms with van der Waals surface area (Å²) in [5, 5.41) is 1.69. The average molecular weight is 289 g/mol. The SMILES string of the molecule is COC(=O)[C@@H](N)Cc1c[nH]c2cc(Cl)ccc12.Cl. The van der Waals surface area contributed by atoms with E-state index in [1.54, 1.807) is 0 Å². The molecule has 0 aliphatic rings. The minimum atomic E-state index is -0.644. The number of aromatic nitrogens is 1. The molecule has 1 atom stereocenters. The normalized spacial score (nSPS) is 11.9. The summed E-state index contributed by atoms with van der Waals surface area (Å²) in [4.78, 5) is 14.3. The Balaban J connectivity index is 0.00000162. The second kappa shape index (κ2) is 6.09. The summed E-state index contributed by atoms with van der Waals surface area (Å²) in [6.07, 6.45) is 2.28. The van der Waals surface area contributed by atoms with Crippen LogP contribution in [0.5, 0.6) is 0 Å². The van der Waals surface area contributed by atoms with Crippen LogP contribution in [0.15, 0.2) is 24.4 Å². The molecule has 0 aliphatic carbocycles. The minimum Gasteiger partial charge on any atom is -0.468 e. The van der Waals surface area contributed by atoms with Crippen LogP contribution in [-0.4, -0.2) is 24.1 Å². The summed E-state index contributed by atoms with van der Waals surface area (Å²) in [7, 11) is 1.33. The van der Waals surface area contributed by atoms with Crippen LogP contribution in [0.2, 0.25) is 5.02 Å². The maximum absolute atomic E-state index is 11.2. The van der Waals surface area contributed by atoms with Crippen molar-refractivity contribution in [3.63, 3.8) is 0 Å². The molecule has 0 unspecified atom stereocenters. The van der Waals surface area contributed by atoms with Gasteiger partial charge in [-0.2, -0.15) is 0 Å². The monoisotopic (exact) mass is 288 g/mol. The van der Waals surface area contributed by atoms with Crippen molar-refractivity contribution in [3.8, 4) is 0 Å². The maximum atomic E-state index is 11.2. The van der Waals surface area contributed by atoms with Gasteiger partial charge in [0.2, 0.25) is 0 Å². The molecule has 18 heavy (non-hydrogen) atoms. The van der Waals surface area contributed by atoms with Gasteiger partial charge in [0.25, 0.3) is 0 Å². The van der Waals surface area contributed by atoms with Gasteiger partial charge in [-0.25, -0.2) is 0 Å². The van der Waals surface area contributed by atoms with Crippen molar-refractivity contribution >= 4 is 40.9 Å². The quantitative estimate of drug-likeness (QED) is 0.852. The Morgan fingerprint density at radius 1 is 1.56 bits per heavy atom. The van der Waals surface area contributed by atoms with Gasteiger partial charge >= 0.3 is 5.97 Å². The molecule has 0 fully saturated rings. The number of benzene rings is 1. The molecule has 0 aliphatic heterocycles. The number of rotatable bonds is 3. The summed E-state index contributed by atoms with van der Waals surface area (Å²) >= 11 is 5.89. The van der Waals surface area contributed by atoms with E-state index in [0.717, 1.165) is 16.5 Å². The first-order valence-corrected chi connectivity index (χ1v) is 5.58. The van der Waals surface area contributed by atoms with Gasteiger partial charge in [-0.05, 0) is 17.7 Å². The average Bonchev–Trinajstić information content (AvgIpc) is 2.70. The highest BCUT2D eigenvalue weighted by Gasteiger charge is 2.16. The second-order valence-corrected chi connectivity index (χ2v) is 4.27. The number of carbonyl (C=O) groups is 1. The zero-order chi connectivity index (χ0) is 12.4. The van der Waals surface area contributed by atoms with Gasteiger partial charge in [0.1, 0.15) is 6.04 Å². The van der Waals surface area contributed by atoms with Crippen molar-refractivity contribution in [1.82, 2.24) is 4.98 Å². The molecule has 0 bridgehead atoms. The number of fused-ring (bicyclic) bond motifs is 1. The summed E-state index contributed by atoms with van der Waals surface area (Å²) in [5.74, 6) is -0.409. The molecule has 2 rings (SSSR count). The Morgan fingerprint density at radius 2 is 2.28 bits per heavy atom. The highest BCUT2D eigenvalue weighted by molar-refractivity contribution is 6.31. The molecule has 0 amide bonds. The van der Waals surface area contributed by atoms with E-state index in [1.807, 2.05) is 24.4 Å². The lowest BCUT2D eigenvalue weighted by Crippen LogP contribution is -2.33. The van der Waals surface area contributed by atoms with Crippen LogP contribution < -0.4 is 5.73 Å². The predicted octanol–water partition coefficient (Wildman–Crippen LogP) is 2.29. The molecule has 1 aromatic carbocycles. The smallest absolute Gasteiger partial charge is 0.322 e. The fourth-order valence-corrected chi connectivity index (χ4v) is 1.97. The first-order chi connectivity index (χ1) is 8.11. The molecule has 0 spiro atoms. The van der Waals surface area contributed by atoms with Crippen LogP contribution in [0.25, 0.3) is 10.9 Å². The number of H-pyrrole nitrogens is 1. The Bertz CT molecular complexity index is 554. The van der Waals surface area contributed by atoms with E-state index in [2.05, 4.69) is 9.72 Å². The Labute approximate surface area is 116 Å². The van der Waals surface area contributed by atoms with Crippen molar-refractivity contribution in [2.24, 2.45) is 5.73 Å². The predicted molar refractivity (Wildman–Crippen MR) is 74.3 cm³/mol. The zero-order valence-electron chi connectivity index (χ0n) is 9.77. The van der Waals surface area contributed by atoms with Crippen LogP contribution in [0.1, 0.15) is 5.56 Å². The lowest BCUT2D eigenvalue weighted by Gasteiger charge is -2.07. The number of nitrogens with two attached hydrogens (primary N) is 1. The van der Waals surface area contributed by atoms with Crippen LogP contribution in [0.3, 0.4) is 0 Å².